The van der Waals surface area contributed by atoms with E-state index in [2.05, 4.69) is 0 Å². The van der Waals surface area contributed by atoms with Crippen molar-refractivity contribution >= 4 is 23.5 Å². The number of ketones is 2. The lowest BCUT2D eigenvalue weighted by Gasteiger charge is -2.62. The summed E-state index contributed by atoms with van der Waals surface area (Å²) in [5, 5.41) is 22.7. The van der Waals surface area contributed by atoms with Crippen molar-refractivity contribution in [2.45, 2.75) is 83.2 Å². The number of hydrogen-bond donors (Lipinski definition) is 2. The first-order chi connectivity index (χ1) is 15.8. The Labute approximate surface area is 197 Å². The van der Waals surface area contributed by atoms with E-state index in [0.717, 1.165) is 0 Å². The molecular weight excluding hydrogens is 444 g/mol. The minimum Gasteiger partial charge on any atom is -0.507 e. The van der Waals surface area contributed by atoms with E-state index in [1.807, 2.05) is 6.92 Å². The molecule has 2 aliphatic carbocycles. The van der Waals surface area contributed by atoms with Crippen molar-refractivity contribution in [1.82, 2.24) is 0 Å². The lowest BCUT2D eigenvalue weighted by Crippen LogP contribution is -2.72. The van der Waals surface area contributed by atoms with E-state index in [-0.39, 0.29) is 60.0 Å². The number of ether oxygens (including phenoxy) is 3. The van der Waals surface area contributed by atoms with E-state index in [0.29, 0.717) is 0 Å². The van der Waals surface area contributed by atoms with E-state index in [4.69, 9.17) is 14.2 Å². The summed E-state index contributed by atoms with van der Waals surface area (Å²) in [5.74, 6) is -5.05. The molecule has 0 aromatic rings. The highest BCUT2D eigenvalue weighted by atomic mass is 16.6. The number of Topliss-reactive ketones (excluding diaryl/α,β-unsaturated/α-hetero) is 2. The number of fused-ring (bicyclic) bond motifs is 1. The highest BCUT2D eigenvalue weighted by molar-refractivity contribution is 6.19. The predicted molar refractivity (Wildman–Crippen MR) is 115 cm³/mol. The van der Waals surface area contributed by atoms with E-state index in [9.17, 15) is 29.4 Å². The Hall–Kier alpha value is -2.68. The van der Waals surface area contributed by atoms with E-state index in [1.165, 1.54) is 13.8 Å². The van der Waals surface area contributed by atoms with Crippen molar-refractivity contribution < 1.29 is 43.6 Å². The lowest BCUT2D eigenvalue weighted by molar-refractivity contribution is -0.290. The highest BCUT2D eigenvalue weighted by Gasteiger charge is 2.75. The molecule has 2 saturated heterocycles. The molecule has 5 bridgehead atoms. The van der Waals surface area contributed by atoms with Gasteiger partial charge in [-0.25, -0.2) is 9.59 Å². The summed E-state index contributed by atoms with van der Waals surface area (Å²) in [6.07, 6.45) is -0.928. The molecule has 0 aromatic carbocycles. The van der Waals surface area contributed by atoms with Crippen LogP contribution in [0.25, 0.3) is 0 Å². The summed E-state index contributed by atoms with van der Waals surface area (Å²) in [6, 6.07) is 0. The highest BCUT2D eigenvalue weighted by Crippen LogP contribution is 2.64. The molecule has 1 saturated carbocycles. The molecule has 2 N–H and O–H groups in total. The maximum atomic E-state index is 13.3. The Morgan fingerprint density at radius 3 is 2.29 bits per heavy atom. The van der Waals surface area contributed by atoms with Gasteiger partial charge in [0.25, 0.3) is 0 Å². The van der Waals surface area contributed by atoms with Gasteiger partial charge in [0, 0.05) is 42.9 Å². The summed E-state index contributed by atoms with van der Waals surface area (Å²) in [7, 11) is 0. The van der Waals surface area contributed by atoms with E-state index in [1.54, 1.807) is 13.8 Å². The zero-order valence-electron chi connectivity index (χ0n) is 20.0. The monoisotopic (exact) mass is 474 g/mol. The van der Waals surface area contributed by atoms with Crippen LogP contribution in [0.5, 0.6) is 0 Å². The topological polar surface area (TPSA) is 136 Å². The van der Waals surface area contributed by atoms with Crippen molar-refractivity contribution in [2.24, 2.45) is 23.7 Å². The Balaban J connectivity index is 1.78. The van der Waals surface area contributed by atoms with Gasteiger partial charge in [0.05, 0.1) is 5.57 Å². The van der Waals surface area contributed by atoms with Crippen LogP contribution in [0.1, 0.15) is 60.3 Å². The fourth-order valence-electron chi connectivity index (χ4n) is 6.67. The number of aliphatic hydroxyl groups excluding tert-OH is 2. The molecule has 1 spiro atoms. The molecule has 0 radical (unpaired) electrons. The molecule has 6 aliphatic rings. The second-order valence-corrected chi connectivity index (χ2v) is 11.0. The number of hydrogen-bond acceptors (Lipinski definition) is 9. The molecule has 184 valence electrons. The molecule has 6 rings (SSSR count). The standard InChI is InChI=1S/C25H30O9/c1-10-6-7-14(26)16-20-25(34-22(16)31)9-11(2)23(4,32-20)19(29)17(25)13(8-15(10)27)24(5)18(28)12(3)21(30)33-24/h10-11,13,17,19,28-29H,6-9H2,1-5H3/t10-,11-,13+,17-,19-,23-,24-,25-/m0/s1. The average Bonchev–Trinajstić information content (AvgIpc) is 3.15. The summed E-state index contributed by atoms with van der Waals surface area (Å²) in [5.41, 5.74) is -4.47. The second kappa shape index (κ2) is 6.93. The quantitative estimate of drug-likeness (QED) is 0.432. The molecule has 0 aromatic heterocycles. The molecule has 4 aliphatic heterocycles. The van der Waals surface area contributed by atoms with Crippen LogP contribution >= 0.6 is 0 Å². The van der Waals surface area contributed by atoms with Gasteiger partial charge in [-0.15, -0.1) is 0 Å². The first-order valence-corrected chi connectivity index (χ1v) is 11.8. The SMILES string of the molecule is CC1=C(O)[C@](C)([C@@H]2CC(=O)[C@@H](C)CCC(=O)C3=C4O[C@@]5(C)[C@@H](C)C[C@]4(OC3=O)[C@@H]2[C@@H]5O)OC1=O. The van der Waals surface area contributed by atoms with Gasteiger partial charge in [0.1, 0.15) is 28.8 Å². The fourth-order valence-corrected chi connectivity index (χ4v) is 6.67. The number of esters is 2. The molecule has 0 unspecified atom stereocenters. The third kappa shape index (κ3) is 2.64. The number of carbonyl (C=O) groups is 4. The van der Waals surface area contributed by atoms with Gasteiger partial charge in [0.15, 0.2) is 22.7 Å². The van der Waals surface area contributed by atoms with Crippen molar-refractivity contribution in [2.75, 3.05) is 0 Å². The third-order valence-electron chi connectivity index (χ3n) is 9.10. The Morgan fingerprint density at radius 1 is 1.00 bits per heavy atom. The number of carbonyl (C=O) groups excluding carboxylic acids is 4. The minimum absolute atomic E-state index is 0.0242. The summed E-state index contributed by atoms with van der Waals surface area (Å²) in [4.78, 5) is 52.0. The lowest BCUT2D eigenvalue weighted by atomic mass is 9.53. The number of cyclic esters (lactones) is 1. The number of aliphatic hydroxyl groups is 2. The average molecular weight is 475 g/mol. The Bertz CT molecular complexity index is 1100. The van der Waals surface area contributed by atoms with Crippen LogP contribution in [0.4, 0.5) is 0 Å². The molecule has 8 atom stereocenters. The minimum atomic E-state index is -1.63. The van der Waals surface area contributed by atoms with Crippen molar-refractivity contribution in [3.63, 3.8) is 0 Å². The van der Waals surface area contributed by atoms with Crippen LogP contribution in [-0.4, -0.2) is 56.6 Å². The smallest absolute Gasteiger partial charge is 0.346 e. The van der Waals surface area contributed by atoms with Crippen LogP contribution in [-0.2, 0) is 33.4 Å². The molecule has 4 heterocycles. The molecule has 9 heteroatoms. The zero-order chi connectivity index (χ0) is 25.0. The Morgan fingerprint density at radius 2 is 1.68 bits per heavy atom. The first-order valence-electron chi connectivity index (χ1n) is 11.8. The second-order valence-electron chi connectivity index (χ2n) is 11.0. The van der Waals surface area contributed by atoms with Crippen molar-refractivity contribution in [3.05, 3.63) is 22.7 Å². The maximum Gasteiger partial charge on any atom is 0.346 e. The van der Waals surface area contributed by atoms with Crippen LogP contribution in [0.2, 0.25) is 0 Å². The van der Waals surface area contributed by atoms with Gasteiger partial charge < -0.3 is 24.4 Å². The third-order valence-corrected chi connectivity index (χ3v) is 9.10. The molecule has 34 heavy (non-hydrogen) atoms. The number of rotatable bonds is 1. The molecular formula is C25H30O9. The molecule has 0 amide bonds. The van der Waals surface area contributed by atoms with Gasteiger partial charge in [-0.05, 0) is 27.2 Å². The van der Waals surface area contributed by atoms with Gasteiger partial charge in [-0.1, -0.05) is 13.8 Å². The van der Waals surface area contributed by atoms with Gasteiger partial charge in [0.2, 0.25) is 0 Å². The van der Waals surface area contributed by atoms with Crippen molar-refractivity contribution in [3.8, 4) is 0 Å². The molecule has 9 nitrogen and oxygen atoms in total. The normalized spacial score (nSPS) is 46.4. The van der Waals surface area contributed by atoms with Crippen LogP contribution in [0.15, 0.2) is 22.7 Å². The zero-order valence-corrected chi connectivity index (χ0v) is 20.0. The predicted octanol–water partition coefficient (Wildman–Crippen LogP) is 2.06. The maximum absolute atomic E-state index is 13.3. The van der Waals surface area contributed by atoms with Gasteiger partial charge in [-0.3, -0.25) is 9.59 Å². The molecule has 3 fully saturated rings. The van der Waals surface area contributed by atoms with Gasteiger partial charge in [-0.2, -0.15) is 0 Å². The fraction of sp³-hybridized carbons (Fsp3) is 0.680. The summed E-state index contributed by atoms with van der Waals surface area (Å²) >= 11 is 0. The van der Waals surface area contributed by atoms with Crippen LogP contribution in [0, 0.1) is 23.7 Å². The first kappa shape index (κ1) is 23.1. The van der Waals surface area contributed by atoms with Gasteiger partial charge >= 0.3 is 11.9 Å². The summed E-state index contributed by atoms with van der Waals surface area (Å²) < 4.78 is 17.8. The largest absolute Gasteiger partial charge is 0.507 e. The van der Waals surface area contributed by atoms with E-state index >= 15 is 0 Å². The Kier molecular flexibility index (Phi) is 4.71. The van der Waals surface area contributed by atoms with Crippen molar-refractivity contribution in [1.29, 1.82) is 0 Å². The van der Waals surface area contributed by atoms with E-state index < -0.39 is 58.4 Å². The summed E-state index contributed by atoms with van der Waals surface area (Å²) in [6.45, 7) is 8.23. The van der Waals surface area contributed by atoms with Crippen LogP contribution < -0.4 is 0 Å². The van der Waals surface area contributed by atoms with Crippen LogP contribution in [0.3, 0.4) is 0 Å².